The van der Waals surface area contributed by atoms with Crippen LogP contribution in [0.1, 0.15) is 18.3 Å². The van der Waals surface area contributed by atoms with Gasteiger partial charge in [-0.25, -0.2) is 18.9 Å². The Balaban J connectivity index is 2.18. The van der Waals surface area contributed by atoms with E-state index in [2.05, 4.69) is 15.1 Å². The zero-order chi connectivity index (χ0) is 19.1. The number of benzene rings is 1. The van der Waals surface area contributed by atoms with E-state index < -0.39 is 0 Å². The fraction of sp³-hybridized carbons (Fsp3) is 0.200. The molecular formula is C20H20N6O. The predicted molar refractivity (Wildman–Crippen MR) is 105 cm³/mol. The second kappa shape index (κ2) is 6.35. The first-order valence-corrected chi connectivity index (χ1v) is 8.79. The third-order valence-electron chi connectivity index (χ3n) is 4.47. The maximum absolute atomic E-state index is 12.7. The smallest absolute Gasteiger partial charge is 0.353 e. The van der Waals surface area contributed by atoms with Gasteiger partial charge < -0.3 is 5.73 Å². The van der Waals surface area contributed by atoms with Crippen LogP contribution in [-0.4, -0.2) is 24.1 Å². The van der Waals surface area contributed by atoms with Crippen LogP contribution in [0.4, 0.5) is 5.95 Å². The standard InChI is InChI=1S/C20H20N6O/c1-4-25-20(27)26-18(24-25)16(15-10-12(2)22-13(3)11-15)17(23-19(26)21)14-8-6-5-7-9-14/h5-11H,4H2,1-3H3,(H2,21,23). The Morgan fingerprint density at radius 1 is 1.00 bits per heavy atom. The molecule has 0 radical (unpaired) electrons. The second-order valence-electron chi connectivity index (χ2n) is 6.46. The third kappa shape index (κ3) is 2.77. The van der Waals surface area contributed by atoms with Crippen LogP contribution in [0, 0.1) is 13.8 Å². The van der Waals surface area contributed by atoms with Crippen LogP contribution in [0.5, 0.6) is 0 Å². The summed E-state index contributed by atoms with van der Waals surface area (Å²) in [5, 5.41) is 4.54. The van der Waals surface area contributed by atoms with Crippen molar-refractivity contribution < 1.29 is 0 Å². The Bertz CT molecular complexity index is 1190. The molecule has 0 aliphatic carbocycles. The molecule has 3 aromatic heterocycles. The molecule has 7 heteroatoms. The molecule has 0 atom stereocenters. The number of aryl methyl sites for hydroxylation is 3. The molecule has 0 aliphatic heterocycles. The lowest BCUT2D eigenvalue weighted by molar-refractivity contribution is 0.634. The second-order valence-corrected chi connectivity index (χ2v) is 6.46. The van der Waals surface area contributed by atoms with Gasteiger partial charge in [0.25, 0.3) is 0 Å². The van der Waals surface area contributed by atoms with E-state index in [1.54, 1.807) is 0 Å². The van der Waals surface area contributed by atoms with Crippen LogP contribution in [0.15, 0.2) is 47.3 Å². The average molecular weight is 360 g/mol. The Morgan fingerprint density at radius 2 is 1.67 bits per heavy atom. The molecule has 0 bridgehead atoms. The number of anilines is 1. The molecule has 4 aromatic rings. The molecule has 0 saturated heterocycles. The molecule has 0 aliphatic rings. The number of aromatic nitrogens is 5. The van der Waals surface area contributed by atoms with Gasteiger partial charge in [0.2, 0.25) is 5.95 Å². The van der Waals surface area contributed by atoms with Crippen molar-refractivity contribution in [2.45, 2.75) is 27.3 Å². The molecule has 2 N–H and O–H groups in total. The number of nitrogens with zero attached hydrogens (tertiary/aromatic N) is 5. The summed E-state index contributed by atoms with van der Waals surface area (Å²) < 4.78 is 2.77. The topological polar surface area (TPSA) is 91.1 Å². The summed E-state index contributed by atoms with van der Waals surface area (Å²) in [7, 11) is 0. The Morgan fingerprint density at radius 3 is 2.30 bits per heavy atom. The summed E-state index contributed by atoms with van der Waals surface area (Å²) in [6, 6.07) is 13.7. The maximum atomic E-state index is 12.7. The lowest BCUT2D eigenvalue weighted by Crippen LogP contribution is -2.22. The van der Waals surface area contributed by atoms with Crippen molar-refractivity contribution in [2.24, 2.45) is 0 Å². The molecule has 0 spiro atoms. The minimum Gasteiger partial charge on any atom is -0.369 e. The summed E-state index contributed by atoms with van der Waals surface area (Å²) in [6.07, 6.45) is 0. The zero-order valence-corrected chi connectivity index (χ0v) is 15.5. The molecule has 1 aromatic carbocycles. The Labute approximate surface area is 156 Å². The number of nitrogens with two attached hydrogens (primary N) is 1. The van der Waals surface area contributed by atoms with Gasteiger partial charge in [0.15, 0.2) is 5.65 Å². The van der Waals surface area contributed by atoms with Crippen molar-refractivity contribution in [3.63, 3.8) is 0 Å². The normalized spacial score (nSPS) is 11.2. The molecule has 136 valence electrons. The number of nitrogen functional groups attached to an aromatic ring is 1. The molecule has 0 saturated carbocycles. The molecule has 0 unspecified atom stereocenters. The molecular weight excluding hydrogens is 340 g/mol. The van der Waals surface area contributed by atoms with Crippen molar-refractivity contribution in [2.75, 3.05) is 5.73 Å². The average Bonchev–Trinajstić information content (AvgIpc) is 2.98. The number of fused-ring (bicyclic) bond motifs is 1. The van der Waals surface area contributed by atoms with E-state index in [9.17, 15) is 4.79 Å². The highest BCUT2D eigenvalue weighted by Gasteiger charge is 2.21. The summed E-state index contributed by atoms with van der Waals surface area (Å²) in [5.74, 6) is 0.125. The largest absolute Gasteiger partial charge is 0.369 e. The molecule has 0 fully saturated rings. The highest BCUT2D eigenvalue weighted by atomic mass is 16.2. The zero-order valence-electron chi connectivity index (χ0n) is 15.5. The van der Waals surface area contributed by atoms with Gasteiger partial charge in [0.05, 0.1) is 11.3 Å². The highest BCUT2D eigenvalue weighted by Crippen LogP contribution is 2.34. The number of hydrogen-bond acceptors (Lipinski definition) is 5. The van der Waals surface area contributed by atoms with Crippen molar-refractivity contribution in [1.29, 1.82) is 0 Å². The van der Waals surface area contributed by atoms with Gasteiger partial charge in [0, 0.05) is 23.5 Å². The lowest BCUT2D eigenvalue weighted by Gasteiger charge is -2.13. The fourth-order valence-electron chi connectivity index (χ4n) is 3.36. The van der Waals surface area contributed by atoms with Crippen LogP contribution >= 0.6 is 0 Å². The minimum absolute atomic E-state index is 0.125. The van der Waals surface area contributed by atoms with Gasteiger partial charge in [-0.1, -0.05) is 30.3 Å². The van der Waals surface area contributed by atoms with Gasteiger partial charge in [-0.2, -0.15) is 0 Å². The quantitative estimate of drug-likeness (QED) is 0.607. The molecule has 4 rings (SSSR count). The number of hydrogen-bond donors (Lipinski definition) is 1. The van der Waals surface area contributed by atoms with Gasteiger partial charge in [-0.05, 0) is 38.5 Å². The summed E-state index contributed by atoms with van der Waals surface area (Å²) in [5.41, 5.74) is 11.4. The molecule has 0 amide bonds. The molecule has 7 nitrogen and oxygen atoms in total. The highest BCUT2D eigenvalue weighted by molar-refractivity contribution is 5.90. The molecule has 27 heavy (non-hydrogen) atoms. The SMILES string of the molecule is CCn1nc2c(-c3cc(C)nc(C)c3)c(-c3ccccc3)nc(N)n2c1=O. The summed E-state index contributed by atoms with van der Waals surface area (Å²) in [4.78, 5) is 21.7. The Hall–Kier alpha value is -3.48. The third-order valence-corrected chi connectivity index (χ3v) is 4.47. The summed E-state index contributed by atoms with van der Waals surface area (Å²) >= 11 is 0. The van der Waals surface area contributed by atoms with Crippen LogP contribution in [0.3, 0.4) is 0 Å². The van der Waals surface area contributed by atoms with Gasteiger partial charge >= 0.3 is 5.69 Å². The predicted octanol–water partition coefficient (Wildman–Crippen LogP) is 2.84. The maximum Gasteiger partial charge on any atom is 0.353 e. The minimum atomic E-state index is -0.291. The van der Waals surface area contributed by atoms with Crippen molar-refractivity contribution in [3.8, 4) is 22.4 Å². The molecule has 3 heterocycles. The van der Waals surface area contributed by atoms with Gasteiger partial charge in [-0.15, -0.1) is 5.10 Å². The van der Waals surface area contributed by atoms with E-state index >= 15 is 0 Å². The first-order valence-electron chi connectivity index (χ1n) is 8.79. The monoisotopic (exact) mass is 360 g/mol. The van der Waals surface area contributed by atoms with E-state index in [4.69, 9.17) is 5.73 Å². The van der Waals surface area contributed by atoms with E-state index in [-0.39, 0.29) is 11.6 Å². The van der Waals surface area contributed by atoms with Crippen molar-refractivity contribution in [3.05, 3.63) is 64.3 Å². The van der Waals surface area contributed by atoms with E-state index in [1.807, 2.05) is 63.2 Å². The van der Waals surface area contributed by atoms with Crippen LogP contribution in [0.25, 0.3) is 28.0 Å². The van der Waals surface area contributed by atoms with Gasteiger partial charge in [-0.3, -0.25) is 4.98 Å². The van der Waals surface area contributed by atoms with Crippen LogP contribution in [-0.2, 0) is 6.54 Å². The van der Waals surface area contributed by atoms with Crippen LogP contribution in [0.2, 0.25) is 0 Å². The van der Waals surface area contributed by atoms with Crippen molar-refractivity contribution >= 4 is 11.6 Å². The fourth-order valence-corrected chi connectivity index (χ4v) is 3.36. The number of rotatable bonds is 3. The van der Waals surface area contributed by atoms with Crippen LogP contribution < -0.4 is 11.4 Å². The van der Waals surface area contributed by atoms with Crippen molar-refractivity contribution in [1.82, 2.24) is 24.1 Å². The Kier molecular flexibility index (Phi) is 3.99. The van der Waals surface area contributed by atoms with E-state index in [1.165, 1.54) is 9.08 Å². The van der Waals surface area contributed by atoms with E-state index in [0.29, 0.717) is 17.9 Å². The number of pyridine rings is 1. The first kappa shape index (κ1) is 17.0. The lowest BCUT2D eigenvalue weighted by atomic mass is 9.99. The first-order chi connectivity index (χ1) is 13.0. The van der Waals surface area contributed by atoms with E-state index in [0.717, 1.165) is 28.1 Å². The summed E-state index contributed by atoms with van der Waals surface area (Å²) in [6.45, 7) is 6.21. The van der Waals surface area contributed by atoms with Gasteiger partial charge in [0.1, 0.15) is 0 Å².